The second-order valence-corrected chi connectivity index (χ2v) is 7.99. The van der Waals surface area contributed by atoms with Gasteiger partial charge in [-0.1, -0.05) is 41.7 Å². The minimum atomic E-state index is -0.290. The molecule has 0 saturated heterocycles. The first-order chi connectivity index (χ1) is 14.1. The van der Waals surface area contributed by atoms with Crippen molar-refractivity contribution in [3.63, 3.8) is 0 Å². The summed E-state index contributed by atoms with van der Waals surface area (Å²) in [5.74, 6) is 1.26. The fraction of sp³-hybridized carbons (Fsp3) is 0.200. The van der Waals surface area contributed by atoms with Gasteiger partial charge in [0.2, 0.25) is 10.9 Å². The van der Waals surface area contributed by atoms with Crippen LogP contribution in [0.4, 0.5) is 5.69 Å². The number of para-hydroxylation sites is 1. The van der Waals surface area contributed by atoms with Crippen LogP contribution in [0, 0.1) is 0 Å². The third-order valence-corrected chi connectivity index (χ3v) is 5.85. The van der Waals surface area contributed by atoms with E-state index in [4.69, 9.17) is 4.74 Å². The van der Waals surface area contributed by atoms with Crippen LogP contribution in [0.3, 0.4) is 0 Å². The smallest absolute Gasteiger partial charge is 0.286 e. The van der Waals surface area contributed by atoms with Crippen molar-refractivity contribution >= 4 is 40.6 Å². The molecule has 0 bridgehead atoms. The van der Waals surface area contributed by atoms with Crippen LogP contribution in [-0.4, -0.2) is 34.9 Å². The predicted octanol–water partition coefficient (Wildman–Crippen LogP) is 3.35. The highest BCUT2D eigenvalue weighted by molar-refractivity contribution is 7.99. The van der Waals surface area contributed by atoms with Crippen LogP contribution in [0.25, 0.3) is 0 Å². The summed E-state index contributed by atoms with van der Waals surface area (Å²) in [5, 5.41) is 14.6. The number of hydrogen-bond acceptors (Lipinski definition) is 7. The molecule has 1 aromatic heterocycles. The van der Waals surface area contributed by atoms with E-state index in [0.29, 0.717) is 33.8 Å². The zero-order chi connectivity index (χ0) is 20.5. The van der Waals surface area contributed by atoms with Crippen molar-refractivity contribution in [2.24, 2.45) is 0 Å². The van der Waals surface area contributed by atoms with Crippen molar-refractivity contribution in [1.29, 1.82) is 0 Å². The monoisotopic (exact) mass is 428 g/mol. The van der Waals surface area contributed by atoms with Crippen molar-refractivity contribution in [1.82, 2.24) is 15.5 Å². The number of methoxy groups -OCH3 is 1. The van der Waals surface area contributed by atoms with Crippen molar-refractivity contribution < 1.29 is 14.3 Å². The third-order valence-electron chi connectivity index (χ3n) is 3.80. The minimum absolute atomic E-state index is 0.0580. The Balaban J connectivity index is 1.39. The SMILES string of the molecule is COc1ccc(CNC(=O)CSCc2nnc(C(=O)Nc3ccccc3)s2)cc1. The van der Waals surface area contributed by atoms with Crippen LogP contribution in [-0.2, 0) is 17.1 Å². The number of aromatic nitrogens is 2. The Bertz CT molecular complexity index is 946. The summed E-state index contributed by atoms with van der Waals surface area (Å²) in [6.07, 6.45) is 0. The molecule has 0 saturated carbocycles. The Morgan fingerprint density at radius 2 is 1.83 bits per heavy atom. The summed E-state index contributed by atoms with van der Waals surface area (Å²) in [6, 6.07) is 16.7. The van der Waals surface area contributed by atoms with Gasteiger partial charge in [-0.25, -0.2) is 0 Å². The van der Waals surface area contributed by atoms with Crippen LogP contribution in [0.5, 0.6) is 5.75 Å². The molecule has 0 radical (unpaired) electrons. The molecule has 29 heavy (non-hydrogen) atoms. The van der Waals surface area contributed by atoms with E-state index in [0.717, 1.165) is 11.3 Å². The Hall–Kier alpha value is -2.91. The van der Waals surface area contributed by atoms with E-state index in [-0.39, 0.29) is 11.8 Å². The number of benzene rings is 2. The molecule has 1 heterocycles. The number of carbonyl (C=O) groups is 2. The maximum Gasteiger partial charge on any atom is 0.286 e. The van der Waals surface area contributed by atoms with Gasteiger partial charge in [0.05, 0.1) is 12.9 Å². The quantitative estimate of drug-likeness (QED) is 0.543. The molecule has 0 aliphatic rings. The lowest BCUT2D eigenvalue weighted by Gasteiger charge is -2.06. The van der Waals surface area contributed by atoms with E-state index < -0.39 is 0 Å². The fourth-order valence-electron chi connectivity index (χ4n) is 2.34. The summed E-state index contributed by atoms with van der Waals surface area (Å²) in [7, 11) is 1.62. The highest BCUT2D eigenvalue weighted by atomic mass is 32.2. The number of nitrogens with one attached hydrogen (secondary N) is 2. The molecule has 150 valence electrons. The van der Waals surface area contributed by atoms with Gasteiger partial charge in [-0.05, 0) is 29.8 Å². The number of hydrogen-bond donors (Lipinski definition) is 2. The van der Waals surface area contributed by atoms with Crippen LogP contribution in [0.2, 0.25) is 0 Å². The molecule has 0 aliphatic carbocycles. The molecule has 2 aromatic carbocycles. The molecule has 0 fully saturated rings. The highest BCUT2D eigenvalue weighted by Crippen LogP contribution is 2.18. The molecule has 0 unspecified atom stereocenters. The molecule has 9 heteroatoms. The molecule has 2 N–H and O–H groups in total. The van der Waals surface area contributed by atoms with Crippen molar-refractivity contribution in [3.05, 3.63) is 70.2 Å². The van der Waals surface area contributed by atoms with Crippen LogP contribution < -0.4 is 15.4 Å². The van der Waals surface area contributed by atoms with Crippen molar-refractivity contribution in [2.75, 3.05) is 18.2 Å². The Labute approximate surface area is 176 Å². The number of anilines is 1. The summed E-state index contributed by atoms with van der Waals surface area (Å²) in [6.45, 7) is 0.464. The summed E-state index contributed by atoms with van der Waals surface area (Å²) in [5.41, 5.74) is 1.71. The number of nitrogens with zero attached hydrogens (tertiary/aromatic N) is 2. The van der Waals surface area contributed by atoms with E-state index in [2.05, 4.69) is 20.8 Å². The van der Waals surface area contributed by atoms with Crippen LogP contribution >= 0.6 is 23.1 Å². The lowest BCUT2D eigenvalue weighted by Crippen LogP contribution is -2.24. The van der Waals surface area contributed by atoms with Crippen molar-refractivity contribution in [2.45, 2.75) is 12.3 Å². The van der Waals surface area contributed by atoms with Gasteiger partial charge in [-0.2, -0.15) is 0 Å². The number of amides is 2. The Morgan fingerprint density at radius 3 is 2.55 bits per heavy atom. The maximum atomic E-state index is 12.2. The van der Waals surface area contributed by atoms with Gasteiger partial charge in [0.15, 0.2) is 0 Å². The topological polar surface area (TPSA) is 93.2 Å². The molecule has 7 nitrogen and oxygen atoms in total. The lowest BCUT2D eigenvalue weighted by molar-refractivity contribution is -0.118. The Kier molecular flexibility index (Phi) is 7.60. The largest absolute Gasteiger partial charge is 0.497 e. The summed E-state index contributed by atoms with van der Waals surface area (Å²) in [4.78, 5) is 24.2. The van der Waals surface area contributed by atoms with Crippen molar-refractivity contribution in [3.8, 4) is 5.75 Å². The van der Waals surface area contributed by atoms with Gasteiger partial charge in [0.25, 0.3) is 5.91 Å². The van der Waals surface area contributed by atoms with E-state index in [1.165, 1.54) is 23.1 Å². The van der Waals surface area contributed by atoms with Gasteiger partial charge in [-0.15, -0.1) is 22.0 Å². The average Bonchev–Trinajstić information content (AvgIpc) is 3.22. The van der Waals surface area contributed by atoms with E-state index >= 15 is 0 Å². The average molecular weight is 429 g/mol. The minimum Gasteiger partial charge on any atom is -0.497 e. The summed E-state index contributed by atoms with van der Waals surface area (Å²) < 4.78 is 5.11. The number of ether oxygens (including phenoxy) is 1. The van der Waals surface area contributed by atoms with Gasteiger partial charge in [0.1, 0.15) is 10.8 Å². The molecule has 3 rings (SSSR count). The first kappa shape index (κ1) is 20.8. The number of thioether (sulfide) groups is 1. The molecular weight excluding hydrogens is 408 g/mol. The van der Waals surface area contributed by atoms with Crippen LogP contribution in [0.1, 0.15) is 20.4 Å². The zero-order valence-electron chi connectivity index (χ0n) is 15.8. The Morgan fingerprint density at radius 1 is 1.07 bits per heavy atom. The number of carbonyl (C=O) groups excluding carboxylic acids is 2. The van der Waals surface area contributed by atoms with Gasteiger partial charge < -0.3 is 15.4 Å². The highest BCUT2D eigenvalue weighted by Gasteiger charge is 2.13. The predicted molar refractivity (Wildman–Crippen MR) is 115 cm³/mol. The third kappa shape index (κ3) is 6.58. The van der Waals surface area contributed by atoms with E-state index in [1.807, 2.05) is 42.5 Å². The van der Waals surface area contributed by atoms with Gasteiger partial charge >= 0.3 is 0 Å². The molecule has 0 aliphatic heterocycles. The molecule has 0 atom stereocenters. The standard InChI is InChI=1S/C20H20N4O3S2/c1-27-16-9-7-14(8-10-16)11-21-17(25)12-28-13-18-23-24-20(29-18)19(26)22-15-5-3-2-4-6-15/h2-10H,11-13H2,1H3,(H,21,25)(H,22,26). The first-order valence-electron chi connectivity index (χ1n) is 8.80. The second-order valence-electron chi connectivity index (χ2n) is 5.94. The fourth-order valence-corrected chi connectivity index (χ4v) is 3.97. The van der Waals surface area contributed by atoms with E-state index in [1.54, 1.807) is 19.2 Å². The lowest BCUT2D eigenvalue weighted by atomic mass is 10.2. The first-order valence-corrected chi connectivity index (χ1v) is 10.8. The van der Waals surface area contributed by atoms with Gasteiger partial charge in [0, 0.05) is 18.0 Å². The molecular formula is C20H20N4O3S2. The number of rotatable bonds is 9. The molecule has 0 spiro atoms. The van der Waals surface area contributed by atoms with E-state index in [9.17, 15) is 9.59 Å². The van der Waals surface area contributed by atoms with Crippen LogP contribution in [0.15, 0.2) is 54.6 Å². The molecule has 2 amide bonds. The summed E-state index contributed by atoms with van der Waals surface area (Å²) >= 11 is 2.66. The molecule has 3 aromatic rings. The normalized spacial score (nSPS) is 10.4. The zero-order valence-corrected chi connectivity index (χ0v) is 17.4. The van der Waals surface area contributed by atoms with Gasteiger partial charge in [-0.3, -0.25) is 9.59 Å². The second kappa shape index (κ2) is 10.6. The maximum absolute atomic E-state index is 12.2.